The molecule has 2 N–H and O–H groups in total. The number of nitrogens with one attached hydrogen (secondary N) is 2. The van der Waals surface area contributed by atoms with Gasteiger partial charge in [-0.05, 0) is 18.2 Å². The number of carbonyl (C=O) groups is 1. The van der Waals surface area contributed by atoms with Crippen LogP contribution in [0.5, 0.6) is 0 Å². The van der Waals surface area contributed by atoms with Crippen LogP contribution in [-0.2, 0) is 4.79 Å². The van der Waals surface area contributed by atoms with Crippen molar-refractivity contribution in [3.8, 4) is 6.07 Å². The number of anilines is 1. The molecule has 84 valence electrons. The summed E-state index contributed by atoms with van der Waals surface area (Å²) in [6.07, 6.45) is 1.38. The molecule has 0 aliphatic carbocycles. The smallest absolute Gasteiger partial charge is 0.221 e. The molecule has 0 unspecified atom stereocenters. The molecule has 1 heterocycles. The molecule has 0 spiro atoms. The molecule has 0 fully saturated rings. The molecule has 0 saturated carbocycles. The molecular weight excluding hydrogens is 218 g/mol. The zero-order valence-corrected chi connectivity index (χ0v) is 9.07. The molecular formula is C12H9N3O2. The first-order valence-corrected chi connectivity index (χ1v) is 4.95. The van der Waals surface area contributed by atoms with Crippen LogP contribution in [-0.4, -0.2) is 10.9 Å². The quantitative estimate of drug-likeness (QED) is 0.771. The molecule has 0 bridgehead atoms. The lowest BCUT2D eigenvalue weighted by Gasteiger charge is -2.03. The van der Waals surface area contributed by atoms with Gasteiger partial charge in [0.25, 0.3) is 0 Å². The second kappa shape index (κ2) is 4.10. The van der Waals surface area contributed by atoms with Gasteiger partial charge in [-0.25, -0.2) is 0 Å². The Kier molecular flexibility index (Phi) is 2.63. The van der Waals surface area contributed by atoms with Crippen LogP contribution in [0.1, 0.15) is 12.5 Å². The standard InChI is InChI=1S/C12H9N3O2/c1-7(16)15-9-2-3-11-10(4-9)12(17)8(5-13)6-14-11/h2-4,6H,1H3,(H,14,17)(H,15,16). The number of H-pyrrole nitrogens is 1. The maximum absolute atomic E-state index is 11.8. The maximum Gasteiger partial charge on any atom is 0.221 e. The second-order valence-electron chi connectivity index (χ2n) is 3.58. The minimum Gasteiger partial charge on any atom is -0.360 e. The maximum atomic E-state index is 11.8. The average molecular weight is 227 g/mol. The van der Waals surface area contributed by atoms with Crippen molar-refractivity contribution < 1.29 is 4.79 Å². The predicted octanol–water partition coefficient (Wildman–Crippen LogP) is 1.36. The summed E-state index contributed by atoms with van der Waals surface area (Å²) in [6.45, 7) is 1.39. The van der Waals surface area contributed by atoms with Crippen LogP contribution in [0.4, 0.5) is 5.69 Å². The molecule has 17 heavy (non-hydrogen) atoms. The van der Waals surface area contributed by atoms with Gasteiger partial charge < -0.3 is 10.3 Å². The first kappa shape index (κ1) is 10.9. The van der Waals surface area contributed by atoms with Gasteiger partial charge in [-0.1, -0.05) is 0 Å². The van der Waals surface area contributed by atoms with E-state index in [4.69, 9.17) is 5.26 Å². The molecule has 0 aliphatic heterocycles. The molecule has 5 heteroatoms. The molecule has 1 aromatic heterocycles. The zero-order chi connectivity index (χ0) is 12.4. The molecule has 1 aromatic carbocycles. The summed E-state index contributed by atoms with van der Waals surface area (Å²) in [5.41, 5.74) is 0.875. The number of carbonyl (C=O) groups excluding carboxylic acids is 1. The monoisotopic (exact) mass is 227 g/mol. The van der Waals surface area contributed by atoms with Crippen LogP contribution < -0.4 is 10.7 Å². The number of amides is 1. The number of aromatic nitrogens is 1. The fourth-order valence-electron chi connectivity index (χ4n) is 1.58. The summed E-state index contributed by atoms with van der Waals surface area (Å²) in [5.74, 6) is -0.211. The number of hydrogen-bond donors (Lipinski definition) is 2. The topological polar surface area (TPSA) is 85.8 Å². The number of hydrogen-bond acceptors (Lipinski definition) is 3. The number of nitriles is 1. The summed E-state index contributed by atoms with van der Waals surface area (Å²) in [7, 11) is 0. The van der Waals surface area contributed by atoms with Crippen molar-refractivity contribution >= 4 is 22.5 Å². The van der Waals surface area contributed by atoms with Gasteiger partial charge in [0.15, 0.2) is 0 Å². The first-order valence-electron chi connectivity index (χ1n) is 4.95. The van der Waals surface area contributed by atoms with Crippen molar-refractivity contribution in [3.05, 3.63) is 40.2 Å². The Bertz CT molecular complexity index is 695. The third kappa shape index (κ3) is 2.01. The second-order valence-corrected chi connectivity index (χ2v) is 3.58. The molecule has 1 amide bonds. The van der Waals surface area contributed by atoms with E-state index in [0.29, 0.717) is 16.6 Å². The fourth-order valence-corrected chi connectivity index (χ4v) is 1.58. The van der Waals surface area contributed by atoms with Gasteiger partial charge in [-0.2, -0.15) is 5.26 Å². The van der Waals surface area contributed by atoms with E-state index in [0.717, 1.165) is 0 Å². The van der Waals surface area contributed by atoms with Gasteiger partial charge in [0.05, 0.1) is 0 Å². The van der Waals surface area contributed by atoms with E-state index in [9.17, 15) is 9.59 Å². The van der Waals surface area contributed by atoms with Crippen molar-refractivity contribution in [3.63, 3.8) is 0 Å². The van der Waals surface area contributed by atoms with Gasteiger partial charge >= 0.3 is 0 Å². The minimum atomic E-state index is -0.339. The van der Waals surface area contributed by atoms with E-state index in [-0.39, 0.29) is 16.9 Å². The average Bonchev–Trinajstić information content (AvgIpc) is 2.29. The van der Waals surface area contributed by atoms with E-state index < -0.39 is 0 Å². The molecule has 0 radical (unpaired) electrons. The van der Waals surface area contributed by atoms with Crippen LogP contribution in [0.25, 0.3) is 10.9 Å². The van der Waals surface area contributed by atoms with Crippen LogP contribution in [0, 0.1) is 11.3 Å². The van der Waals surface area contributed by atoms with Crippen molar-refractivity contribution in [2.24, 2.45) is 0 Å². The van der Waals surface area contributed by atoms with Crippen molar-refractivity contribution in [1.29, 1.82) is 5.26 Å². The number of rotatable bonds is 1. The van der Waals surface area contributed by atoms with Gasteiger partial charge in [0, 0.05) is 29.7 Å². The highest BCUT2D eigenvalue weighted by Gasteiger charge is 2.05. The fraction of sp³-hybridized carbons (Fsp3) is 0.0833. The number of fused-ring (bicyclic) bond motifs is 1. The van der Waals surface area contributed by atoms with Gasteiger partial charge in [-0.15, -0.1) is 0 Å². The van der Waals surface area contributed by atoms with E-state index in [1.807, 2.05) is 6.07 Å². The highest BCUT2D eigenvalue weighted by atomic mass is 16.1. The third-order valence-electron chi connectivity index (χ3n) is 2.32. The Morgan fingerprint density at radius 3 is 2.88 bits per heavy atom. The van der Waals surface area contributed by atoms with E-state index in [1.54, 1.807) is 18.2 Å². The lowest BCUT2D eigenvalue weighted by Crippen LogP contribution is -2.09. The van der Waals surface area contributed by atoms with Crippen molar-refractivity contribution in [1.82, 2.24) is 4.98 Å². The highest BCUT2D eigenvalue weighted by Crippen LogP contribution is 2.14. The molecule has 2 aromatic rings. The highest BCUT2D eigenvalue weighted by molar-refractivity contribution is 5.92. The predicted molar refractivity (Wildman–Crippen MR) is 63.6 cm³/mol. The number of nitrogens with zero attached hydrogens (tertiary/aromatic N) is 1. The van der Waals surface area contributed by atoms with E-state index in [2.05, 4.69) is 10.3 Å². The summed E-state index contributed by atoms with van der Waals surface area (Å²) < 4.78 is 0. The summed E-state index contributed by atoms with van der Waals surface area (Å²) in [5, 5.41) is 11.7. The number of pyridine rings is 1. The first-order chi connectivity index (χ1) is 8.11. The van der Waals surface area contributed by atoms with Crippen molar-refractivity contribution in [2.75, 3.05) is 5.32 Å². The van der Waals surface area contributed by atoms with E-state index in [1.165, 1.54) is 13.1 Å². The molecule has 5 nitrogen and oxygen atoms in total. The van der Waals surface area contributed by atoms with Gasteiger partial charge in [-0.3, -0.25) is 9.59 Å². The minimum absolute atomic E-state index is 0.0532. The number of benzene rings is 1. The number of aromatic amines is 1. The summed E-state index contributed by atoms with van der Waals surface area (Å²) in [6, 6.07) is 6.74. The molecule has 0 aliphatic rings. The SMILES string of the molecule is CC(=O)Nc1ccc2[nH]cc(C#N)c(=O)c2c1. The van der Waals surface area contributed by atoms with Crippen LogP contribution in [0.3, 0.4) is 0 Å². The lowest BCUT2D eigenvalue weighted by atomic mass is 10.1. The molecule has 0 saturated heterocycles. The zero-order valence-electron chi connectivity index (χ0n) is 9.07. The summed E-state index contributed by atoms with van der Waals surface area (Å²) >= 11 is 0. The molecule has 0 atom stereocenters. The van der Waals surface area contributed by atoms with Crippen LogP contribution >= 0.6 is 0 Å². The third-order valence-corrected chi connectivity index (χ3v) is 2.32. The Morgan fingerprint density at radius 2 is 2.24 bits per heavy atom. The van der Waals surface area contributed by atoms with Gasteiger partial charge in [0.1, 0.15) is 11.6 Å². The van der Waals surface area contributed by atoms with Gasteiger partial charge in [0.2, 0.25) is 11.3 Å². The normalized spacial score (nSPS) is 9.88. The van der Waals surface area contributed by atoms with Crippen LogP contribution in [0.2, 0.25) is 0 Å². The lowest BCUT2D eigenvalue weighted by molar-refractivity contribution is -0.114. The molecule has 2 rings (SSSR count). The van der Waals surface area contributed by atoms with Crippen LogP contribution in [0.15, 0.2) is 29.2 Å². The van der Waals surface area contributed by atoms with Crippen molar-refractivity contribution in [2.45, 2.75) is 6.92 Å². The Labute approximate surface area is 96.7 Å². The largest absolute Gasteiger partial charge is 0.360 e. The Balaban J connectivity index is 2.67. The van der Waals surface area contributed by atoms with E-state index >= 15 is 0 Å². The Hall–Kier alpha value is -2.61. The summed E-state index contributed by atoms with van der Waals surface area (Å²) in [4.78, 5) is 25.6. The Morgan fingerprint density at radius 1 is 1.47 bits per heavy atom.